The van der Waals surface area contributed by atoms with Gasteiger partial charge in [0.25, 0.3) is 0 Å². The maximum absolute atomic E-state index is 13.7. The van der Waals surface area contributed by atoms with E-state index in [-0.39, 0.29) is 10.8 Å². The van der Waals surface area contributed by atoms with Crippen LogP contribution in [0, 0.1) is 5.82 Å². The molecule has 2 rings (SSSR count). The smallest absolute Gasteiger partial charge is 0.146 e. The summed E-state index contributed by atoms with van der Waals surface area (Å²) in [6, 6.07) is 4.99. The number of rotatable bonds is 4. The Kier molecular flexibility index (Phi) is 3.76. The van der Waals surface area contributed by atoms with Crippen LogP contribution >= 0.6 is 11.6 Å². The Labute approximate surface area is 104 Å². The van der Waals surface area contributed by atoms with Crippen molar-refractivity contribution in [1.82, 2.24) is 9.55 Å². The number of nitrogens with two attached hydrogens (primary N) is 1. The lowest BCUT2D eigenvalue weighted by Gasteiger charge is -2.08. The van der Waals surface area contributed by atoms with Crippen LogP contribution in [0.5, 0.6) is 0 Å². The van der Waals surface area contributed by atoms with E-state index >= 15 is 0 Å². The van der Waals surface area contributed by atoms with Gasteiger partial charge in [-0.25, -0.2) is 9.37 Å². The van der Waals surface area contributed by atoms with E-state index in [1.54, 1.807) is 18.3 Å². The molecule has 0 aliphatic rings. The monoisotopic (exact) mass is 253 g/mol. The van der Waals surface area contributed by atoms with Gasteiger partial charge in [-0.1, -0.05) is 23.7 Å². The van der Waals surface area contributed by atoms with Crippen LogP contribution in [0.4, 0.5) is 4.39 Å². The predicted octanol–water partition coefficient (Wildman–Crippen LogP) is 2.23. The molecule has 90 valence electrons. The zero-order valence-electron chi connectivity index (χ0n) is 9.24. The molecule has 0 fully saturated rings. The number of halogens is 2. The molecule has 0 aliphatic carbocycles. The first-order valence-corrected chi connectivity index (χ1v) is 5.73. The zero-order chi connectivity index (χ0) is 12.3. The van der Waals surface area contributed by atoms with Gasteiger partial charge in [0, 0.05) is 24.4 Å². The third-order valence-corrected chi connectivity index (χ3v) is 2.83. The number of imidazole rings is 1. The molecule has 5 heteroatoms. The molecule has 0 bridgehead atoms. The minimum Gasteiger partial charge on any atom is -0.330 e. The molecule has 2 N–H and O–H groups in total. The largest absolute Gasteiger partial charge is 0.330 e. The lowest BCUT2D eigenvalue weighted by atomic mass is 10.2. The molecule has 0 atom stereocenters. The Morgan fingerprint density at radius 3 is 3.00 bits per heavy atom. The molecule has 0 spiro atoms. The van der Waals surface area contributed by atoms with E-state index in [2.05, 4.69) is 4.98 Å². The highest BCUT2D eigenvalue weighted by Gasteiger charge is 2.08. The standard InChI is InChI=1S/C12H13ClFN3/c13-10-3-1-2-9(12(10)14)8-17-7-6-16-11(17)4-5-15/h1-3,6-7H,4-5,8,15H2. The van der Waals surface area contributed by atoms with Gasteiger partial charge in [0.2, 0.25) is 0 Å². The van der Waals surface area contributed by atoms with Gasteiger partial charge in [-0.2, -0.15) is 0 Å². The summed E-state index contributed by atoms with van der Waals surface area (Å²) in [5, 5.41) is 0.142. The van der Waals surface area contributed by atoms with E-state index in [4.69, 9.17) is 17.3 Å². The first-order chi connectivity index (χ1) is 8.22. The summed E-state index contributed by atoms with van der Waals surface area (Å²) in [6.45, 7) is 0.941. The highest BCUT2D eigenvalue weighted by Crippen LogP contribution is 2.19. The van der Waals surface area contributed by atoms with Gasteiger partial charge in [-0.3, -0.25) is 0 Å². The van der Waals surface area contributed by atoms with Crippen molar-refractivity contribution in [3.63, 3.8) is 0 Å². The van der Waals surface area contributed by atoms with Crippen LogP contribution in [0.15, 0.2) is 30.6 Å². The van der Waals surface area contributed by atoms with Crippen molar-refractivity contribution in [2.45, 2.75) is 13.0 Å². The highest BCUT2D eigenvalue weighted by molar-refractivity contribution is 6.30. The molecule has 0 radical (unpaired) electrons. The number of nitrogens with zero attached hydrogens (tertiary/aromatic N) is 2. The second-order valence-electron chi connectivity index (χ2n) is 3.72. The number of hydrogen-bond acceptors (Lipinski definition) is 2. The summed E-state index contributed by atoms with van der Waals surface area (Å²) in [7, 11) is 0. The molecule has 0 saturated carbocycles. The van der Waals surface area contributed by atoms with Crippen LogP contribution in [0.2, 0.25) is 5.02 Å². The third kappa shape index (κ3) is 2.65. The van der Waals surface area contributed by atoms with Crippen LogP contribution in [0.1, 0.15) is 11.4 Å². The van der Waals surface area contributed by atoms with E-state index in [9.17, 15) is 4.39 Å². The average Bonchev–Trinajstić information content (AvgIpc) is 2.73. The van der Waals surface area contributed by atoms with Crippen molar-refractivity contribution in [3.05, 3.63) is 52.8 Å². The first-order valence-electron chi connectivity index (χ1n) is 5.35. The fourth-order valence-corrected chi connectivity index (χ4v) is 1.89. The van der Waals surface area contributed by atoms with Crippen LogP contribution in [-0.2, 0) is 13.0 Å². The maximum Gasteiger partial charge on any atom is 0.146 e. The second kappa shape index (κ2) is 5.29. The Bertz CT molecular complexity index is 510. The summed E-state index contributed by atoms with van der Waals surface area (Å²) in [4.78, 5) is 4.18. The van der Waals surface area contributed by atoms with Gasteiger partial charge in [-0.05, 0) is 12.6 Å². The number of benzene rings is 1. The Morgan fingerprint density at radius 2 is 2.24 bits per heavy atom. The lowest BCUT2D eigenvalue weighted by Crippen LogP contribution is -2.11. The van der Waals surface area contributed by atoms with Gasteiger partial charge in [-0.15, -0.1) is 0 Å². The summed E-state index contributed by atoms with van der Waals surface area (Å²) < 4.78 is 15.6. The summed E-state index contributed by atoms with van der Waals surface area (Å²) in [5.74, 6) is 0.480. The SMILES string of the molecule is NCCc1nccn1Cc1cccc(Cl)c1F. The van der Waals surface area contributed by atoms with Gasteiger partial charge >= 0.3 is 0 Å². The molecule has 1 aromatic heterocycles. The van der Waals surface area contributed by atoms with Gasteiger partial charge in [0.15, 0.2) is 0 Å². The van der Waals surface area contributed by atoms with E-state index < -0.39 is 0 Å². The van der Waals surface area contributed by atoms with Crippen molar-refractivity contribution in [2.24, 2.45) is 5.73 Å². The molecule has 0 amide bonds. The Hall–Kier alpha value is -1.39. The Balaban J connectivity index is 2.25. The van der Waals surface area contributed by atoms with Crippen LogP contribution in [0.3, 0.4) is 0 Å². The van der Waals surface area contributed by atoms with E-state index in [1.807, 2.05) is 10.8 Å². The quantitative estimate of drug-likeness (QED) is 0.908. The summed E-state index contributed by atoms with van der Waals surface area (Å²) in [6.07, 6.45) is 4.17. The minimum atomic E-state index is -0.374. The topological polar surface area (TPSA) is 43.8 Å². The van der Waals surface area contributed by atoms with E-state index in [0.29, 0.717) is 25.1 Å². The molecule has 17 heavy (non-hydrogen) atoms. The third-order valence-electron chi connectivity index (χ3n) is 2.54. The Morgan fingerprint density at radius 1 is 1.41 bits per heavy atom. The van der Waals surface area contributed by atoms with Crippen LogP contribution in [-0.4, -0.2) is 16.1 Å². The average molecular weight is 254 g/mol. The van der Waals surface area contributed by atoms with Crippen molar-refractivity contribution in [3.8, 4) is 0 Å². The number of hydrogen-bond donors (Lipinski definition) is 1. The van der Waals surface area contributed by atoms with Crippen molar-refractivity contribution < 1.29 is 4.39 Å². The van der Waals surface area contributed by atoms with Crippen molar-refractivity contribution in [2.75, 3.05) is 6.54 Å². The zero-order valence-corrected chi connectivity index (χ0v) is 9.99. The van der Waals surface area contributed by atoms with Crippen LogP contribution < -0.4 is 5.73 Å². The minimum absolute atomic E-state index is 0.142. The molecule has 0 unspecified atom stereocenters. The summed E-state index contributed by atoms with van der Waals surface area (Å²) in [5.41, 5.74) is 6.04. The van der Waals surface area contributed by atoms with E-state index in [1.165, 1.54) is 6.07 Å². The molecular weight excluding hydrogens is 241 g/mol. The molecule has 2 aromatic rings. The highest BCUT2D eigenvalue weighted by atomic mass is 35.5. The second-order valence-corrected chi connectivity index (χ2v) is 4.13. The van der Waals surface area contributed by atoms with Crippen molar-refractivity contribution in [1.29, 1.82) is 0 Å². The fraction of sp³-hybridized carbons (Fsp3) is 0.250. The van der Waals surface area contributed by atoms with Crippen LogP contribution in [0.25, 0.3) is 0 Å². The van der Waals surface area contributed by atoms with E-state index in [0.717, 1.165) is 5.82 Å². The molecule has 0 saturated heterocycles. The lowest BCUT2D eigenvalue weighted by molar-refractivity contribution is 0.594. The predicted molar refractivity (Wildman–Crippen MR) is 65.5 cm³/mol. The fourth-order valence-electron chi connectivity index (χ4n) is 1.70. The first kappa shape index (κ1) is 12.1. The molecule has 3 nitrogen and oxygen atoms in total. The number of aromatic nitrogens is 2. The van der Waals surface area contributed by atoms with Gasteiger partial charge < -0.3 is 10.3 Å². The van der Waals surface area contributed by atoms with Gasteiger partial charge in [0.1, 0.15) is 11.6 Å². The molecule has 1 heterocycles. The maximum atomic E-state index is 13.7. The molecular formula is C12H13ClFN3. The van der Waals surface area contributed by atoms with Gasteiger partial charge in [0.05, 0.1) is 11.6 Å². The molecule has 1 aromatic carbocycles. The summed E-state index contributed by atoms with van der Waals surface area (Å²) >= 11 is 5.74. The molecule has 0 aliphatic heterocycles. The van der Waals surface area contributed by atoms with Crippen molar-refractivity contribution >= 4 is 11.6 Å². The normalized spacial score (nSPS) is 10.8.